The number of rotatable bonds is 4. The van der Waals surface area contributed by atoms with Crippen molar-refractivity contribution < 1.29 is 4.79 Å². The summed E-state index contributed by atoms with van der Waals surface area (Å²) >= 11 is 0. The van der Waals surface area contributed by atoms with Gasteiger partial charge in [-0.25, -0.2) is 9.97 Å². The fourth-order valence-electron chi connectivity index (χ4n) is 4.93. The molecule has 172 valence electrons. The minimum atomic E-state index is 0.0656. The molecule has 0 spiro atoms. The van der Waals surface area contributed by atoms with Crippen molar-refractivity contribution in [3.63, 3.8) is 0 Å². The van der Waals surface area contributed by atoms with Gasteiger partial charge >= 0.3 is 0 Å². The Morgan fingerprint density at radius 3 is 2.69 bits per heavy atom. The van der Waals surface area contributed by atoms with Gasteiger partial charge in [-0.2, -0.15) is 0 Å². The summed E-state index contributed by atoms with van der Waals surface area (Å²) in [6.45, 7) is 1.38. The van der Waals surface area contributed by atoms with Crippen molar-refractivity contribution in [1.29, 1.82) is 0 Å². The molecular formula is C29H25N5O. The first-order valence-electron chi connectivity index (χ1n) is 12.0. The molecule has 0 bridgehead atoms. The fourth-order valence-corrected chi connectivity index (χ4v) is 4.93. The van der Waals surface area contributed by atoms with Gasteiger partial charge in [0.15, 0.2) is 5.82 Å². The molecule has 1 fully saturated rings. The number of H-pyrrole nitrogens is 1. The van der Waals surface area contributed by atoms with Crippen LogP contribution < -0.4 is 0 Å². The van der Waals surface area contributed by atoms with E-state index in [9.17, 15) is 4.79 Å². The van der Waals surface area contributed by atoms with E-state index < -0.39 is 0 Å². The number of likely N-dealkylation sites (tertiary alicyclic amines) is 1. The first-order chi connectivity index (χ1) is 17.3. The van der Waals surface area contributed by atoms with E-state index in [0.29, 0.717) is 17.9 Å². The molecule has 6 nitrogen and oxygen atoms in total. The average Bonchev–Trinajstić information content (AvgIpc) is 3.41. The van der Waals surface area contributed by atoms with Crippen molar-refractivity contribution in [3.05, 3.63) is 103 Å². The third-order valence-corrected chi connectivity index (χ3v) is 6.74. The van der Waals surface area contributed by atoms with Crippen molar-refractivity contribution in [1.82, 2.24) is 24.8 Å². The SMILES string of the molecule is O=C(c1ccc2cc[nH]c2c1)N1CCC[C@@H](c2nc(-c3ccncc3)ncc2-c2ccccc2)C1. The summed E-state index contributed by atoms with van der Waals surface area (Å²) in [5.74, 6) is 0.874. The van der Waals surface area contributed by atoms with Crippen molar-refractivity contribution in [3.8, 4) is 22.5 Å². The Morgan fingerprint density at radius 2 is 1.83 bits per heavy atom. The van der Waals surface area contributed by atoms with E-state index >= 15 is 0 Å². The molecule has 3 aromatic heterocycles. The van der Waals surface area contributed by atoms with Crippen LogP contribution in [-0.4, -0.2) is 43.8 Å². The second-order valence-electron chi connectivity index (χ2n) is 8.96. The molecule has 1 aliphatic rings. The number of amides is 1. The molecule has 35 heavy (non-hydrogen) atoms. The molecule has 1 aliphatic heterocycles. The van der Waals surface area contributed by atoms with Gasteiger partial charge in [-0.3, -0.25) is 9.78 Å². The molecule has 1 amide bonds. The zero-order chi connectivity index (χ0) is 23.6. The van der Waals surface area contributed by atoms with Crippen LogP contribution in [0.3, 0.4) is 0 Å². The molecule has 0 radical (unpaired) electrons. The second kappa shape index (κ2) is 9.14. The number of fused-ring (bicyclic) bond motifs is 1. The summed E-state index contributed by atoms with van der Waals surface area (Å²) in [5, 5.41) is 1.11. The number of aromatic nitrogens is 4. The van der Waals surface area contributed by atoms with E-state index in [2.05, 4.69) is 27.1 Å². The van der Waals surface area contributed by atoms with Gasteiger partial charge in [-0.15, -0.1) is 0 Å². The maximum atomic E-state index is 13.5. The van der Waals surface area contributed by atoms with Crippen LogP contribution >= 0.6 is 0 Å². The number of pyridine rings is 1. The van der Waals surface area contributed by atoms with Gasteiger partial charge in [0.05, 0.1) is 5.69 Å². The molecular weight excluding hydrogens is 434 g/mol. The van der Waals surface area contributed by atoms with Gasteiger partial charge in [-0.05, 0) is 54.1 Å². The highest BCUT2D eigenvalue weighted by Crippen LogP contribution is 2.34. The van der Waals surface area contributed by atoms with Gasteiger partial charge in [0.1, 0.15) is 0 Å². The molecule has 0 aliphatic carbocycles. The maximum absolute atomic E-state index is 13.5. The van der Waals surface area contributed by atoms with Crippen LogP contribution in [0.2, 0.25) is 0 Å². The lowest BCUT2D eigenvalue weighted by molar-refractivity contribution is 0.0706. The molecule has 5 aromatic rings. The Hall–Kier alpha value is -4.32. The highest BCUT2D eigenvalue weighted by molar-refractivity contribution is 5.98. The van der Waals surface area contributed by atoms with Gasteiger partial charge in [-0.1, -0.05) is 36.4 Å². The van der Waals surface area contributed by atoms with Crippen LogP contribution in [0.25, 0.3) is 33.4 Å². The lowest BCUT2D eigenvalue weighted by Gasteiger charge is -2.33. The predicted molar refractivity (Wildman–Crippen MR) is 137 cm³/mol. The Balaban J connectivity index is 1.35. The quantitative estimate of drug-likeness (QED) is 0.374. The van der Waals surface area contributed by atoms with E-state index in [1.54, 1.807) is 12.4 Å². The number of piperidine rings is 1. The van der Waals surface area contributed by atoms with Gasteiger partial charge in [0.2, 0.25) is 0 Å². The van der Waals surface area contributed by atoms with Crippen LogP contribution in [0.4, 0.5) is 0 Å². The highest BCUT2D eigenvalue weighted by Gasteiger charge is 2.29. The van der Waals surface area contributed by atoms with E-state index in [1.807, 2.05) is 71.9 Å². The Bertz CT molecular complexity index is 1480. The standard InChI is InChI=1S/C29H25N5O/c35-29(23-9-8-21-12-15-31-26(21)17-23)34-16-4-7-24(19-34)27-25(20-5-2-1-3-6-20)18-32-28(33-27)22-10-13-30-14-11-22/h1-3,5-6,8-15,17-18,24,31H,4,7,16,19H2/t24-/m1/s1. The summed E-state index contributed by atoms with van der Waals surface area (Å²) in [6.07, 6.45) is 9.25. The van der Waals surface area contributed by atoms with E-state index in [4.69, 9.17) is 4.98 Å². The summed E-state index contributed by atoms with van der Waals surface area (Å²) in [6, 6.07) is 22.0. The third-order valence-electron chi connectivity index (χ3n) is 6.74. The normalized spacial score (nSPS) is 15.9. The molecule has 0 unspecified atom stereocenters. The van der Waals surface area contributed by atoms with E-state index in [1.165, 1.54) is 0 Å². The third kappa shape index (κ3) is 4.19. The van der Waals surface area contributed by atoms with Crippen LogP contribution in [-0.2, 0) is 0 Å². The lowest BCUT2D eigenvalue weighted by atomic mass is 9.89. The zero-order valence-corrected chi connectivity index (χ0v) is 19.3. The highest BCUT2D eigenvalue weighted by atomic mass is 16.2. The summed E-state index contributed by atoms with van der Waals surface area (Å²) < 4.78 is 0. The van der Waals surface area contributed by atoms with Crippen molar-refractivity contribution >= 4 is 16.8 Å². The zero-order valence-electron chi connectivity index (χ0n) is 19.3. The summed E-state index contributed by atoms with van der Waals surface area (Å²) in [4.78, 5) is 32.5. The van der Waals surface area contributed by atoms with Gasteiger partial charge in [0, 0.05) is 66.0 Å². The minimum absolute atomic E-state index is 0.0656. The smallest absolute Gasteiger partial charge is 0.253 e. The fraction of sp³-hybridized carbons (Fsp3) is 0.172. The predicted octanol–water partition coefficient (Wildman–Crippen LogP) is 5.71. The van der Waals surface area contributed by atoms with Crippen molar-refractivity contribution in [2.45, 2.75) is 18.8 Å². The minimum Gasteiger partial charge on any atom is -0.361 e. The number of carbonyl (C=O) groups is 1. The lowest BCUT2D eigenvalue weighted by Crippen LogP contribution is -2.39. The van der Waals surface area contributed by atoms with Crippen molar-refractivity contribution in [2.24, 2.45) is 0 Å². The molecule has 4 heterocycles. The average molecular weight is 460 g/mol. The maximum Gasteiger partial charge on any atom is 0.253 e. The van der Waals surface area contributed by atoms with Crippen LogP contribution in [0.1, 0.15) is 34.8 Å². The van der Waals surface area contributed by atoms with Gasteiger partial charge in [0.25, 0.3) is 5.91 Å². The first kappa shape index (κ1) is 21.2. The van der Waals surface area contributed by atoms with Crippen LogP contribution in [0.5, 0.6) is 0 Å². The van der Waals surface area contributed by atoms with E-state index in [0.717, 1.165) is 52.7 Å². The molecule has 2 aromatic carbocycles. The molecule has 6 heteroatoms. The molecule has 0 saturated carbocycles. The van der Waals surface area contributed by atoms with Gasteiger partial charge < -0.3 is 9.88 Å². The van der Waals surface area contributed by atoms with E-state index in [-0.39, 0.29) is 11.8 Å². The summed E-state index contributed by atoms with van der Waals surface area (Å²) in [5.41, 5.74) is 5.73. The number of hydrogen-bond donors (Lipinski definition) is 1. The number of carbonyl (C=O) groups excluding carboxylic acids is 1. The molecule has 1 saturated heterocycles. The molecule has 1 N–H and O–H groups in total. The number of nitrogens with zero attached hydrogens (tertiary/aromatic N) is 4. The van der Waals surface area contributed by atoms with Crippen LogP contribution in [0, 0.1) is 0 Å². The Morgan fingerprint density at radius 1 is 0.971 bits per heavy atom. The molecule has 1 atom stereocenters. The topological polar surface area (TPSA) is 74.8 Å². The Labute approximate surface area is 203 Å². The summed E-state index contributed by atoms with van der Waals surface area (Å²) in [7, 11) is 0. The Kier molecular flexibility index (Phi) is 5.54. The number of aromatic amines is 1. The van der Waals surface area contributed by atoms with Crippen molar-refractivity contribution in [2.75, 3.05) is 13.1 Å². The largest absolute Gasteiger partial charge is 0.361 e. The number of hydrogen-bond acceptors (Lipinski definition) is 4. The first-order valence-corrected chi connectivity index (χ1v) is 12.0. The number of nitrogens with one attached hydrogen (secondary N) is 1. The molecule has 6 rings (SSSR count). The van der Waals surface area contributed by atoms with Crippen LogP contribution in [0.15, 0.2) is 91.5 Å². The number of benzene rings is 2. The monoisotopic (exact) mass is 459 g/mol. The second-order valence-corrected chi connectivity index (χ2v) is 8.96.